The first-order valence-electron chi connectivity index (χ1n) is 7.72. The Morgan fingerprint density at radius 2 is 1.57 bits per heavy atom. The van der Waals surface area contributed by atoms with Crippen molar-refractivity contribution in [2.75, 3.05) is 26.3 Å². The van der Waals surface area contributed by atoms with Gasteiger partial charge in [-0.3, -0.25) is 0 Å². The molecular formula is C19H24O3S. The maximum Gasteiger partial charge on any atom is 0.0925 e. The molecule has 0 saturated carbocycles. The fourth-order valence-corrected chi connectivity index (χ4v) is 2.86. The summed E-state index contributed by atoms with van der Waals surface area (Å²) in [5, 5.41) is 0.527. The standard InChI is InChI=1S/C11H14O2S.C8H10O/c1-2-4-10(5-3-1)6-12-7-11-8-13-9-14-11;1-9-7-8-5-3-2-4-6-8/h1-5,11H,6-9H2;2-6H,7H2,1H3. The number of benzene rings is 2. The average molecular weight is 332 g/mol. The normalized spacial score (nSPS) is 16.7. The molecule has 1 aliphatic heterocycles. The van der Waals surface area contributed by atoms with E-state index in [1.54, 1.807) is 7.11 Å². The van der Waals surface area contributed by atoms with E-state index in [9.17, 15) is 0 Å². The summed E-state index contributed by atoms with van der Waals surface area (Å²) in [5.74, 6) is 0.819. The zero-order chi connectivity index (χ0) is 16.2. The van der Waals surface area contributed by atoms with E-state index < -0.39 is 0 Å². The van der Waals surface area contributed by atoms with Crippen LogP contribution in [0.25, 0.3) is 0 Å². The van der Waals surface area contributed by atoms with E-state index in [1.807, 2.05) is 60.3 Å². The predicted molar refractivity (Wildman–Crippen MR) is 95.5 cm³/mol. The summed E-state index contributed by atoms with van der Waals surface area (Å²) in [6.45, 7) is 3.04. The summed E-state index contributed by atoms with van der Waals surface area (Å²) in [6.07, 6.45) is 0. The first kappa shape index (κ1) is 18.0. The molecule has 1 unspecified atom stereocenters. The maximum absolute atomic E-state index is 5.60. The van der Waals surface area contributed by atoms with Crippen LogP contribution in [0, 0.1) is 0 Å². The van der Waals surface area contributed by atoms with E-state index in [0.29, 0.717) is 18.5 Å². The second kappa shape index (κ2) is 11.2. The van der Waals surface area contributed by atoms with Crippen LogP contribution in [0.4, 0.5) is 0 Å². The number of thioether (sulfide) groups is 1. The van der Waals surface area contributed by atoms with Crippen LogP contribution in [0.2, 0.25) is 0 Å². The zero-order valence-corrected chi connectivity index (χ0v) is 14.3. The molecule has 4 heteroatoms. The fourth-order valence-electron chi connectivity index (χ4n) is 2.09. The lowest BCUT2D eigenvalue weighted by Crippen LogP contribution is -2.12. The minimum absolute atomic E-state index is 0.527. The lowest BCUT2D eigenvalue weighted by molar-refractivity contribution is 0.104. The van der Waals surface area contributed by atoms with Crippen LogP contribution in [-0.4, -0.2) is 31.5 Å². The van der Waals surface area contributed by atoms with Gasteiger partial charge >= 0.3 is 0 Å². The summed E-state index contributed by atoms with van der Waals surface area (Å²) in [5.41, 5.74) is 2.46. The zero-order valence-electron chi connectivity index (χ0n) is 13.5. The molecule has 3 rings (SSSR count). The number of methoxy groups -OCH3 is 1. The van der Waals surface area contributed by atoms with Crippen LogP contribution < -0.4 is 0 Å². The quantitative estimate of drug-likeness (QED) is 0.795. The van der Waals surface area contributed by atoms with Gasteiger partial charge in [-0.2, -0.15) is 0 Å². The Bertz CT molecular complexity index is 513. The molecule has 0 aromatic heterocycles. The molecule has 23 heavy (non-hydrogen) atoms. The van der Waals surface area contributed by atoms with Gasteiger partial charge in [-0.25, -0.2) is 0 Å². The topological polar surface area (TPSA) is 27.7 Å². The van der Waals surface area contributed by atoms with Crippen LogP contribution in [0.15, 0.2) is 60.7 Å². The first-order chi connectivity index (χ1) is 11.4. The Labute approximate surface area is 143 Å². The van der Waals surface area contributed by atoms with Crippen molar-refractivity contribution in [3.05, 3.63) is 71.8 Å². The van der Waals surface area contributed by atoms with Gasteiger partial charge in [-0.05, 0) is 11.1 Å². The van der Waals surface area contributed by atoms with Gasteiger partial charge in [0.25, 0.3) is 0 Å². The van der Waals surface area contributed by atoms with Crippen molar-refractivity contribution < 1.29 is 14.2 Å². The Balaban J connectivity index is 0.000000185. The second-order valence-electron chi connectivity index (χ2n) is 5.20. The molecule has 0 spiro atoms. The van der Waals surface area contributed by atoms with E-state index >= 15 is 0 Å². The summed E-state index contributed by atoms with van der Waals surface area (Å²) < 4.78 is 15.8. The van der Waals surface area contributed by atoms with Gasteiger partial charge in [0.05, 0.1) is 37.6 Å². The van der Waals surface area contributed by atoms with Crippen LogP contribution in [-0.2, 0) is 27.4 Å². The SMILES string of the molecule is COCc1ccccc1.c1ccc(COCC2COCS2)cc1. The Kier molecular flexibility index (Phi) is 8.81. The molecule has 0 aliphatic carbocycles. The minimum Gasteiger partial charge on any atom is -0.380 e. The number of hydrogen-bond donors (Lipinski definition) is 0. The largest absolute Gasteiger partial charge is 0.380 e. The Morgan fingerprint density at radius 1 is 0.957 bits per heavy atom. The maximum atomic E-state index is 5.60. The molecule has 0 bridgehead atoms. The summed E-state index contributed by atoms with van der Waals surface area (Å²) in [4.78, 5) is 0. The molecule has 124 valence electrons. The van der Waals surface area contributed by atoms with Gasteiger partial charge in [0.1, 0.15) is 0 Å². The molecule has 2 aromatic rings. The van der Waals surface area contributed by atoms with E-state index in [4.69, 9.17) is 14.2 Å². The third-order valence-corrected chi connectivity index (χ3v) is 4.31. The predicted octanol–water partition coefficient (Wildman–Crippen LogP) is 4.13. The van der Waals surface area contributed by atoms with Gasteiger partial charge in [-0.1, -0.05) is 60.7 Å². The number of ether oxygens (including phenoxy) is 3. The Hall–Kier alpha value is -1.33. The van der Waals surface area contributed by atoms with Crippen molar-refractivity contribution in [3.63, 3.8) is 0 Å². The highest BCUT2D eigenvalue weighted by molar-refractivity contribution is 8.00. The van der Waals surface area contributed by atoms with Crippen molar-refractivity contribution in [3.8, 4) is 0 Å². The fraction of sp³-hybridized carbons (Fsp3) is 0.368. The third-order valence-electron chi connectivity index (χ3n) is 3.26. The van der Waals surface area contributed by atoms with Gasteiger partial charge in [0, 0.05) is 7.11 Å². The molecule has 1 fully saturated rings. The highest BCUT2D eigenvalue weighted by Gasteiger charge is 2.15. The lowest BCUT2D eigenvalue weighted by atomic mass is 10.2. The summed E-state index contributed by atoms with van der Waals surface area (Å²) in [6, 6.07) is 20.4. The molecule has 1 saturated heterocycles. The molecular weight excluding hydrogens is 308 g/mol. The molecule has 1 atom stereocenters. The molecule has 1 heterocycles. The monoisotopic (exact) mass is 332 g/mol. The van der Waals surface area contributed by atoms with Crippen LogP contribution >= 0.6 is 11.8 Å². The minimum atomic E-state index is 0.527. The Morgan fingerprint density at radius 3 is 2.09 bits per heavy atom. The van der Waals surface area contributed by atoms with E-state index in [0.717, 1.165) is 19.2 Å². The van der Waals surface area contributed by atoms with Crippen molar-refractivity contribution in [2.24, 2.45) is 0 Å². The average Bonchev–Trinajstić information content (AvgIpc) is 3.11. The van der Waals surface area contributed by atoms with E-state index in [1.165, 1.54) is 11.1 Å². The van der Waals surface area contributed by atoms with Crippen LogP contribution in [0.5, 0.6) is 0 Å². The van der Waals surface area contributed by atoms with Gasteiger partial charge in [-0.15, -0.1) is 11.8 Å². The molecule has 3 nitrogen and oxygen atoms in total. The van der Waals surface area contributed by atoms with Crippen LogP contribution in [0.3, 0.4) is 0 Å². The third kappa shape index (κ3) is 7.66. The van der Waals surface area contributed by atoms with Crippen molar-refractivity contribution in [2.45, 2.75) is 18.5 Å². The lowest BCUT2D eigenvalue weighted by Gasteiger charge is -2.07. The molecule has 2 aromatic carbocycles. The summed E-state index contributed by atoms with van der Waals surface area (Å²) in [7, 11) is 1.70. The number of hydrogen-bond acceptors (Lipinski definition) is 4. The highest BCUT2D eigenvalue weighted by Crippen LogP contribution is 2.19. The molecule has 0 radical (unpaired) electrons. The molecule has 0 N–H and O–H groups in total. The van der Waals surface area contributed by atoms with E-state index in [-0.39, 0.29) is 0 Å². The first-order valence-corrected chi connectivity index (χ1v) is 8.77. The van der Waals surface area contributed by atoms with Crippen molar-refractivity contribution >= 4 is 11.8 Å². The van der Waals surface area contributed by atoms with E-state index in [2.05, 4.69) is 12.1 Å². The van der Waals surface area contributed by atoms with Crippen LogP contribution in [0.1, 0.15) is 11.1 Å². The molecule has 1 aliphatic rings. The highest BCUT2D eigenvalue weighted by atomic mass is 32.2. The number of rotatable bonds is 6. The molecule has 0 amide bonds. The van der Waals surface area contributed by atoms with Gasteiger partial charge in [0.15, 0.2) is 0 Å². The second-order valence-corrected chi connectivity index (χ2v) is 6.43. The summed E-state index contributed by atoms with van der Waals surface area (Å²) >= 11 is 1.83. The smallest absolute Gasteiger partial charge is 0.0925 e. The van der Waals surface area contributed by atoms with Gasteiger partial charge in [0.2, 0.25) is 0 Å². The van der Waals surface area contributed by atoms with Crippen molar-refractivity contribution in [1.29, 1.82) is 0 Å². The van der Waals surface area contributed by atoms with Gasteiger partial charge < -0.3 is 14.2 Å². The van der Waals surface area contributed by atoms with Crippen molar-refractivity contribution in [1.82, 2.24) is 0 Å².